The molecule has 0 aliphatic heterocycles. The van der Waals surface area contributed by atoms with E-state index in [4.69, 9.17) is 10.2 Å². The van der Waals surface area contributed by atoms with Gasteiger partial charge < -0.3 is 10.2 Å². The van der Waals surface area contributed by atoms with Crippen molar-refractivity contribution in [1.29, 1.82) is 0 Å². The minimum absolute atomic E-state index is 0.599. The van der Waals surface area contributed by atoms with Crippen molar-refractivity contribution >= 4 is 33.3 Å². The molecule has 0 unspecified atom stereocenters. The molecule has 4 aromatic rings. The Morgan fingerprint density at radius 3 is 2.60 bits per heavy atom. The van der Waals surface area contributed by atoms with E-state index in [1.807, 2.05) is 24.3 Å². The largest absolute Gasteiger partial charge is 0.456 e. The molecule has 0 saturated heterocycles. The highest BCUT2D eigenvalue weighted by Gasteiger charge is 2.08. The Balaban J connectivity index is 1.95. The molecule has 2 aromatic heterocycles. The van der Waals surface area contributed by atoms with Gasteiger partial charge in [0.1, 0.15) is 11.2 Å². The van der Waals surface area contributed by atoms with Crippen molar-refractivity contribution in [3.63, 3.8) is 0 Å². The van der Waals surface area contributed by atoms with Gasteiger partial charge in [0.15, 0.2) is 0 Å². The van der Waals surface area contributed by atoms with E-state index < -0.39 is 0 Å². The lowest BCUT2D eigenvalue weighted by molar-refractivity contribution is 0.669. The van der Waals surface area contributed by atoms with E-state index in [-0.39, 0.29) is 0 Å². The van der Waals surface area contributed by atoms with Gasteiger partial charge in [0.2, 0.25) is 0 Å². The van der Waals surface area contributed by atoms with Crippen molar-refractivity contribution in [2.75, 3.05) is 0 Å². The molecule has 0 spiro atoms. The number of rotatable bonds is 2. The van der Waals surface area contributed by atoms with Crippen LogP contribution in [0.25, 0.3) is 33.1 Å². The number of thiophene rings is 1. The monoisotopic (exact) mass is 279 g/mol. The molecular formula is C17H13NOS. The minimum Gasteiger partial charge on any atom is -0.456 e. The zero-order chi connectivity index (χ0) is 13.5. The molecule has 0 saturated carbocycles. The van der Waals surface area contributed by atoms with Gasteiger partial charge in [-0.2, -0.15) is 0 Å². The molecule has 3 heteroatoms. The number of furan rings is 1. The Kier molecular flexibility index (Phi) is 2.62. The van der Waals surface area contributed by atoms with E-state index in [1.54, 1.807) is 11.3 Å². The summed E-state index contributed by atoms with van der Waals surface area (Å²) in [5, 5.41) is 4.49. The highest BCUT2D eigenvalue weighted by molar-refractivity contribution is 7.10. The third-order valence-electron chi connectivity index (χ3n) is 3.56. The molecule has 0 atom stereocenters. The van der Waals surface area contributed by atoms with Crippen LogP contribution in [0.15, 0.2) is 58.3 Å². The molecule has 0 radical (unpaired) electrons. The van der Waals surface area contributed by atoms with Crippen molar-refractivity contribution < 1.29 is 4.42 Å². The standard InChI is InChI=1S/C17H13NOS/c18-9-13-7-12(10-20-13)11-5-6-17-15(8-11)14-3-1-2-4-16(14)19-17/h1-8,10H,9,18H2. The van der Waals surface area contributed by atoms with Gasteiger partial charge >= 0.3 is 0 Å². The van der Waals surface area contributed by atoms with Crippen molar-refractivity contribution in [2.24, 2.45) is 5.73 Å². The summed E-state index contributed by atoms with van der Waals surface area (Å²) in [6, 6.07) is 16.7. The highest BCUT2D eigenvalue weighted by Crippen LogP contribution is 2.33. The summed E-state index contributed by atoms with van der Waals surface area (Å²) in [6.07, 6.45) is 0. The summed E-state index contributed by atoms with van der Waals surface area (Å²) in [5.74, 6) is 0. The van der Waals surface area contributed by atoms with Gasteiger partial charge in [-0.05, 0) is 40.8 Å². The molecule has 2 heterocycles. The predicted molar refractivity (Wildman–Crippen MR) is 84.9 cm³/mol. The van der Waals surface area contributed by atoms with Crippen LogP contribution < -0.4 is 5.73 Å². The van der Waals surface area contributed by atoms with Gasteiger partial charge in [0, 0.05) is 22.2 Å². The molecule has 2 nitrogen and oxygen atoms in total. The van der Waals surface area contributed by atoms with Gasteiger partial charge in [-0.3, -0.25) is 0 Å². The average Bonchev–Trinajstić information content (AvgIpc) is 3.11. The molecule has 2 aromatic carbocycles. The Labute approximate surface area is 120 Å². The van der Waals surface area contributed by atoms with E-state index in [1.165, 1.54) is 26.8 Å². The fraction of sp³-hybridized carbons (Fsp3) is 0.0588. The lowest BCUT2D eigenvalue weighted by Gasteiger charge is -1.97. The maximum Gasteiger partial charge on any atom is 0.135 e. The Bertz CT molecular complexity index is 904. The van der Waals surface area contributed by atoms with Crippen LogP contribution in [-0.4, -0.2) is 0 Å². The van der Waals surface area contributed by atoms with E-state index in [9.17, 15) is 0 Å². The Morgan fingerprint density at radius 2 is 1.75 bits per heavy atom. The van der Waals surface area contributed by atoms with Crippen LogP contribution >= 0.6 is 11.3 Å². The second-order valence-electron chi connectivity index (χ2n) is 4.81. The third kappa shape index (κ3) is 1.75. The normalized spacial score (nSPS) is 11.4. The summed E-state index contributed by atoms with van der Waals surface area (Å²) >= 11 is 1.71. The number of hydrogen-bond donors (Lipinski definition) is 1. The average molecular weight is 279 g/mol. The van der Waals surface area contributed by atoms with Gasteiger partial charge in [0.25, 0.3) is 0 Å². The molecule has 0 bridgehead atoms. The number of benzene rings is 2. The quantitative estimate of drug-likeness (QED) is 0.574. The molecule has 0 aliphatic rings. The van der Waals surface area contributed by atoms with Crippen LogP contribution in [-0.2, 0) is 6.54 Å². The highest BCUT2D eigenvalue weighted by atomic mass is 32.1. The number of para-hydroxylation sites is 1. The number of hydrogen-bond acceptors (Lipinski definition) is 3. The van der Waals surface area contributed by atoms with E-state index in [0.717, 1.165) is 11.2 Å². The zero-order valence-electron chi connectivity index (χ0n) is 10.8. The van der Waals surface area contributed by atoms with Crippen molar-refractivity contribution in [1.82, 2.24) is 0 Å². The smallest absolute Gasteiger partial charge is 0.135 e. The molecule has 4 rings (SSSR count). The van der Waals surface area contributed by atoms with Crippen LogP contribution in [0.4, 0.5) is 0 Å². The van der Waals surface area contributed by atoms with Crippen molar-refractivity contribution in [3.05, 3.63) is 58.8 Å². The van der Waals surface area contributed by atoms with Crippen molar-refractivity contribution in [3.8, 4) is 11.1 Å². The van der Waals surface area contributed by atoms with Crippen LogP contribution in [0.1, 0.15) is 4.88 Å². The Hall–Kier alpha value is -2.10. The number of fused-ring (bicyclic) bond motifs is 3. The fourth-order valence-electron chi connectivity index (χ4n) is 2.54. The first-order valence-electron chi connectivity index (χ1n) is 6.54. The van der Waals surface area contributed by atoms with Crippen molar-refractivity contribution in [2.45, 2.75) is 6.54 Å². The summed E-state index contributed by atoms with van der Waals surface area (Å²) in [6.45, 7) is 0.599. The fourth-order valence-corrected chi connectivity index (χ4v) is 3.32. The summed E-state index contributed by atoms with van der Waals surface area (Å²) < 4.78 is 5.85. The molecule has 98 valence electrons. The first kappa shape index (κ1) is 11.7. The molecule has 0 amide bonds. The first-order valence-corrected chi connectivity index (χ1v) is 7.42. The molecule has 2 N–H and O–H groups in total. The lowest BCUT2D eigenvalue weighted by atomic mass is 10.0. The summed E-state index contributed by atoms with van der Waals surface area (Å²) in [4.78, 5) is 1.21. The lowest BCUT2D eigenvalue weighted by Crippen LogP contribution is -1.91. The molecule has 0 fully saturated rings. The number of nitrogens with two attached hydrogens (primary N) is 1. The molecule has 0 aliphatic carbocycles. The minimum atomic E-state index is 0.599. The Morgan fingerprint density at radius 1 is 0.900 bits per heavy atom. The van der Waals surface area contributed by atoms with Crippen LogP contribution in [0.5, 0.6) is 0 Å². The van der Waals surface area contributed by atoms with Gasteiger partial charge in [-0.15, -0.1) is 11.3 Å². The molecule has 20 heavy (non-hydrogen) atoms. The zero-order valence-corrected chi connectivity index (χ0v) is 11.6. The second-order valence-corrected chi connectivity index (χ2v) is 5.81. The maximum absolute atomic E-state index is 5.85. The summed E-state index contributed by atoms with van der Waals surface area (Å²) in [5.41, 5.74) is 9.99. The van der Waals surface area contributed by atoms with E-state index >= 15 is 0 Å². The van der Waals surface area contributed by atoms with E-state index in [0.29, 0.717) is 6.54 Å². The topological polar surface area (TPSA) is 39.2 Å². The van der Waals surface area contributed by atoms with Gasteiger partial charge in [-0.1, -0.05) is 24.3 Å². The molecular weight excluding hydrogens is 266 g/mol. The summed E-state index contributed by atoms with van der Waals surface area (Å²) in [7, 11) is 0. The van der Waals surface area contributed by atoms with E-state index in [2.05, 4.69) is 29.6 Å². The van der Waals surface area contributed by atoms with Crippen LogP contribution in [0, 0.1) is 0 Å². The maximum atomic E-state index is 5.85. The third-order valence-corrected chi connectivity index (χ3v) is 4.52. The predicted octanol–water partition coefficient (Wildman–Crippen LogP) is 4.77. The first-order chi connectivity index (χ1) is 9.85. The second kappa shape index (κ2) is 4.47. The van der Waals surface area contributed by atoms with Gasteiger partial charge in [-0.25, -0.2) is 0 Å². The SMILES string of the molecule is NCc1cc(-c2ccc3oc4ccccc4c3c2)cs1. The van der Waals surface area contributed by atoms with Crippen LogP contribution in [0.3, 0.4) is 0 Å². The van der Waals surface area contributed by atoms with Gasteiger partial charge in [0.05, 0.1) is 0 Å². The van der Waals surface area contributed by atoms with Crippen LogP contribution in [0.2, 0.25) is 0 Å².